The SMILES string of the molecule is COc1ccc(C2=NN(c3nc(-c4ccc([N+](=O)[O-])cc4)cs3)C(c3ccc(Cl)cc3Cl)C2)cc1OC. The fourth-order valence-corrected chi connectivity index (χ4v) is 5.51. The minimum atomic E-state index is -0.425. The highest BCUT2D eigenvalue weighted by Gasteiger charge is 2.33. The van der Waals surface area contributed by atoms with Gasteiger partial charge >= 0.3 is 0 Å². The Morgan fingerprint density at radius 2 is 1.73 bits per heavy atom. The molecule has 1 atom stereocenters. The van der Waals surface area contributed by atoms with Crippen molar-refractivity contribution in [1.82, 2.24) is 4.98 Å². The molecule has 0 N–H and O–H groups in total. The lowest BCUT2D eigenvalue weighted by Crippen LogP contribution is -2.18. The summed E-state index contributed by atoms with van der Waals surface area (Å²) in [5.41, 5.74) is 4.10. The van der Waals surface area contributed by atoms with E-state index in [0.29, 0.717) is 38.8 Å². The van der Waals surface area contributed by atoms with Crippen molar-refractivity contribution in [2.24, 2.45) is 5.10 Å². The number of rotatable bonds is 7. The molecule has 188 valence electrons. The van der Waals surface area contributed by atoms with Crippen LogP contribution in [0.4, 0.5) is 10.8 Å². The maximum atomic E-state index is 11.0. The molecule has 8 nitrogen and oxygen atoms in total. The first-order chi connectivity index (χ1) is 17.9. The number of anilines is 1. The van der Waals surface area contributed by atoms with E-state index < -0.39 is 4.92 Å². The first-order valence-corrected chi connectivity index (χ1v) is 12.8. The number of hydrazone groups is 1. The van der Waals surface area contributed by atoms with Gasteiger partial charge in [-0.25, -0.2) is 9.99 Å². The lowest BCUT2D eigenvalue weighted by atomic mass is 9.98. The van der Waals surface area contributed by atoms with E-state index in [0.717, 1.165) is 22.4 Å². The van der Waals surface area contributed by atoms with Crippen molar-refractivity contribution in [1.29, 1.82) is 0 Å². The van der Waals surface area contributed by atoms with Crippen LogP contribution in [0.25, 0.3) is 11.3 Å². The Morgan fingerprint density at radius 1 is 1.00 bits per heavy atom. The summed E-state index contributed by atoms with van der Waals surface area (Å²) in [5, 5.41) is 21.5. The third kappa shape index (κ3) is 4.98. The second kappa shape index (κ2) is 10.4. The Hall–Kier alpha value is -3.66. The van der Waals surface area contributed by atoms with Crippen molar-refractivity contribution in [3.8, 4) is 22.8 Å². The third-order valence-corrected chi connectivity index (χ3v) is 7.40. The Morgan fingerprint density at radius 3 is 2.41 bits per heavy atom. The van der Waals surface area contributed by atoms with E-state index >= 15 is 0 Å². The fraction of sp³-hybridized carbons (Fsp3) is 0.154. The molecule has 0 amide bonds. The number of benzene rings is 3. The van der Waals surface area contributed by atoms with Crippen LogP contribution in [0.3, 0.4) is 0 Å². The Balaban J connectivity index is 1.54. The van der Waals surface area contributed by atoms with E-state index in [1.54, 1.807) is 38.5 Å². The Bertz CT molecular complexity index is 1510. The molecule has 0 bridgehead atoms. The van der Waals surface area contributed by atoms with E-state index in [2.05, 4.69) is 0 Å². The van der Waals surface area contributed by atoms with E-state index in [-0.39, 0.29) is 11.7 Å². The largest absolute Gasteiger partial charge is 0.493 e. The van der Waals surface area contributed by atoms with Crippen molar-refractivity contribution in [3.63, 3.8) is 0 Å². The van der Waals surface area contributed by atoms with Crippen LogP contribution in [-0.4, -0.2) is 29.8 Å². The number of hydrogen-bond acceptors (Lipinski definition) is 8. The molecule has 0 saturated heterocycles. The summed E-state index contributed by atoms with van der Waals surface area (Å²) in [6.45, 7) is 0. The van der Waals surface area contributed by atoms with Crippen LogP contribution in [0.15, 0.2) is 71.1 Å². The highest BCUT2D eigenvalue weighted by molar-refractivity contribution is 7.14. The van der Waals surface area contributed by atoms with Crippen LogP contribution in [0.2, 0.25) is 10.0 Å². The van der Waals surface area contributed by atoms with Gasteiger partial charge in [-0.15, -0.1) is 11.3 Å². The molecule has 0 saturated carbocycles. The van der Waals surface area contributed by atoms with Crippen LogP contribution in [0.1, 0.15) is 23.6 Å². The summed E-state index contributed by atoms with van der Waals surface area (Å²) in [4.78, 5) is 15.4. The number of nitro groups is 1. The van der Waals surface area contributed by atoms with Crippen LogP contribution in [0, 0.1) is 10.1 Å². The van der Waals surface area contributed by atoms with Crippen LogP contribution >= 0.6 is 34.5 Å². The van der Waals surface area contributed by atoms with Crippen molar-refractivity contribution in [2.75, 3.05) is 19.2 Å². The maximum Gasteiger partial charge on any atom is 0.269 e. The lowest BCUT2D eigenvalue weighted by Gasteiger charge is -2.22. The minimum Gasteiger partial charge on any atom is -0.493 e. The highest BCUT2D eigenvalue weighted by atomic mass is 35.5. The van der Waals surface area contributed by atoms with Crippen molar-refractivity contribution >= 4 is 51.1 Å². The van der Waals surface area contributed by atoms with Gasteiger partial charge in [0.1, 0.15) is 0 Å². The molecular formula is C26H20Cl2N4O4S. The fourth-order valence-electron chi connectivity index (χ4n) is 4.15. The molecule has 11 heteroatoms. The summed E-state index contributed by atoms with van der Waals surface area (Å²) in [5.74, 6) is 1.24. The van der Waals surface area contributed by atoms with E-state index in [4.69, 9.17) is 42.8 Å². The predicted molar refractivity (Wildman–Crippen MR) is 147 cm³/mol. The number of aromatic nitrogens is 1. The number of ether oxygens (including phenoxy) is 2. The monoisotopic (exact) mass is 554 g/mol. The van der Waals surface area contributed by atoms with Gasteiger partial charge in [0.2, 0.25) is 5.13 Å². The van der Waals surface area contributed by atoms with Crippen molar-refractivity contribution in [2.45, 2.75) is 12.5 Å². The molecule has 5 rings (SSSR count). The molecule has 1 unspecified atom stereocenters. The first kappa shape index (κ1) is 25.0. The van der Waals surface area contributed by atoms with Crippen LogP contribution in [0.5, 0.6) is 11.5 Å². The topological polar surface area (TPSA) is 90.1 Å². The quantitative estimate of drug-likeness (QED) is 0.174. The smallest absolute Gasteiger partial charge is 0.269 e. The molecule has 4 aromatic rings. The standard InChI is InChI=1S/C26H20Cl2N4O4S/c1-35-24-10-5-16(11-25(24)36-2)21-13-23(19-9-6-17(27)12-20(19)28)31(30-21)26-29-22(14-37-26)15-3-7-18(8-4-15)32(33)34/h3-12,14,23H,13H2,1-2H3. The zero-order valence-corrected chi connectivity index (χ0v) is 22.0. The molecule has 1 aliphatic heterocycles. The number of methoxy groups -OCH3 is 2. The normalized spacial score (nSPS) is 15.0. The van der Waals surface area contributed by atoms with Gasteiger partial charge in [0.25, 0.3) is 5.69 Å². The average Bonchev–Trinajstić information content (AvgIpc) is 3.56. The van der Waals surface area contributed by atoms with Gasteiger partial charge in [-0.3, -0.25) is 10.1 Å². The van der Waals surface area contributed by atoms with Gasteiger partial charge in [-0.1, -0.05) is 29.3 Å². The molecule has 0 spiro atoms. The molecule has 3 aromatic carbocycles. The van der Waals surface area contributed by atoms with Gasteiger partial charge in [-0.05, 0) is 48.0 Å². The summed E-state index contributed by atoms with van der Waals surface area (Å²) in [6, 6.07) is 17.2. The number of non-ortho nitro benzene ring substituents is 1. The molecule has 0 fully saturated rings. The molecule has 1 aliphatic rings. The third-order valence-electron chi connectivity index (χ3n) is 6.01. The highest BCUT2D eigenvalue weighted by Crippen LogP contribution is 2.42. The van der Waals surface area contributed by atoms with Crippen LogP contribution in [-0.2, 0) is 0 Å². The second-order valence-corrected chi connectivity index (χ2v) is 9.85. The number of nitro benzene ring substituents is 1. The average molecular weight is 555 g/mol. The van der Waals surface area contributed by atoms with Gasteiger partial charge < -0.3 is 9.47 Å². The molecule has 37 heavy (non-hydrogen) atoms. The van der Waals surface area contributed by atoms with E-state index in [1.807, 2.05) is 34.7 Å². The number of halogens is 2. The Kier molecular flexibility index (Phi) is 7.01. The van der Waals surface area contributed by atoms with Crippen molar-refractivity contribution in [3.05, 3.63) is 97.3 Å². The van der Waals surface area contributed by atoms with Gasteiger partial charge in [0.05, 0.1) is 36.6 Å². The van der Waals surface area contributed by atoms with Crippen LogP contribution < -0.4 is 14.5 Å². The molecule has 0 aliphatic carbocycles. The molecule has 0 radical (unpaired) electrons. The zero-order chi connectivity index (χ0) is 26.1. The van der Waals surface area contributed by atoms with Gasteiger partial charge in [0.15, 0.2) is 11.5 Å². The number of nitrogens with zero attached hydrogens (tertiary/aromatic N) is 4. The molecule has 1 aromatic heterocycles. The summed E-state index contributed by atoms with van der Waals surface area (Å²) in [7, 11) is 3.19. The predicted octanol–water partition coefficient (Wildman–Crippen LogP) is 7.40. The van der Waals surface area contributed by atoms with Gasteiger partial charge in [-0.2, -0.15) is 5.10 Å². The lowest BCUT2D eigenvalue weighted by molar-refractivity contribution is -0.384. The minimum absolute atomic E-state index is 0.0281. The van der Waals surface area contributed by atoms with E-state index in [1.165, 1.54) is 23.5 Å². The number of thiazole rings is 1. The maximum absolute atomic E-state index is 11.0. The summed E-state index contributed by atoms with van der Waals surface area (Å²) >= 11 is 14.2. The van der Waals surface area contributed by atoms with Gasteiger partial charge in [0, 0.05) is 45.1 Å². The summed E-state index contributed by atoms with van der Waals surface area (Å²) in [6.07, 6.45) is 0.573. The zero-order valence-electron chi connectivity index (χ0n) is 19.7. The summed E-state index contributed by atoms with van der Waals surface area (Å²) < 4.78 is 10.9. The number of hydrogen-bond donors (Lipinski definition) is 0. The van der Waals surface area contributed by atoms with E-state index in [9.17, 15) is 10.1 Å². The first-order valence-electron chi connectivity index (χ1n) is 11.1. The second-order valence-electron chi connectivity index (χ2n) is 8.17. The molecule has 2 heterocycles. The molecular weight excluding hydrogens is 535 g/mol. The van der Waals surface area contributed by atoms with Crippen molar-refractivity contribution < 1.29 is 14.4 Å². The Labute approximate surface area is 226 Å².